The molecule has 1 unspecified atom stereocenters. The standard InChI is InChI=1S/C21H27NO4S/c1-2-11-24-17-7-9-18(10-8-17)26-16-21(23)22(14-19-5-3-12-25-19)15-20-6-4-13-27-20/h4,6-10,13,19H,2-3,5,11-12,14-16H2,1H3. The normalized spacial score (nSPS) is 16.3. The largest absolute Gasteiger partial charge is 0.494 e. The number of hydrogen-bond donors (Lipinski definition) is 0. The molecule has 6 heteroatoms. The van der Waals surface area contributed by atoms with Gasteiger partial charge in [0.25, 0.3) is 5.91 Å². The molecule has 1 saturated heterocycles. The van der Waals surface area contributed by atoms with Crippen LogP contribution < -0.4 is 9.47 Å². The Morgan fingerprint density at radius 3 is 2.63 bits per heavy atom. The molecule has 0 spiro atoms. The lowest BCUT2D eigenvalue weighted by molar-refractivity contribution is -0.135. The molecular weight excluding hydrogens is 362 g/mol. The van der Waals surface area contributed by atoms with Gasteiger partial charge in [-0.1, -0.05) is 13.0 Å². The summed E-state index contributed by atoms with van der Waals surface area (Å²) < 4.78 is 17.0. The Labute approximate surface area is 164 Å². The van der Waals surface area contributed by atoms with E-state index in [2.05, 4.69) is 13.0 Å². The van der Waals surface area contributed by atoms with Crippen molar-refractivity contribution in [3.63, 3.8) is 0 Å². The van der Waals surface area contributed by atoms with Crippen molar-refractivity contribution in [2.24, 2.45) is 0 Å². The third-order valence-electron chi connectivity index (χ3n) is 4.39. The summed E-state index contributed by atoms with van der Waals surface area (Å²) in [6.45, 7) is 4.79. The second-order valence-corrected chi connectivity index (χ2v) is 7.63. The van der Waals surface area contributed by atoms with Crippen LogP contribution in [0.5, 0.6) is 11.5 Å². The molecule has 1 aliphatic heterocycles. The van der Waals surface area contributed by atoms with Gasteiger partial charge in [-0.15, -0.1) is 11.3 Å². The molecule has 1 aliphatic rings. The molecule has 0 N–H and O–H groups in total. The molecule has 3 rings (SSSR count). The van der Waals surface area contributed by atoms with Crippen LogP contribution in [0, 0.1) is 0 Å². The van der Waals surface area contributed by atoms with E-state index in [-0.39, 0.29) is 18.6 Å². The van der Waals surface area contributed by atoms with Crippen molar-refractivity contribution < 1.29 is 19.0 Å². The van der Waals surface area contributed by atoms with Crippen LogP contribution >= 0.6 is 11.3 Å². The second-order valence-electron chi connectivity index (χ2n) is 6.60. The van der Waals surface area contributed by atoms with Crippen molar-refractivity contribution in [2.75, 3.05) is 26.4 Å². The highest BCUT2D eigenvalue weighted by Crippen LogP contribution is 2.20. The maximum absolute atomic E-state index is 12.8. The van der Waals surface area contributed by atoms with Gasteiger partial charge >= 0.3 is 0 Å². The molecule has 0 saturated carbocycles. The third kappa shape index (κ3) is 6.26. The van der Waals surface area contributed by atoms with Crippen LogP contribution in [0.1, 0.15) is 31.1 Å². The molecule has 1 fully saturated rings. The highest BCUT2D eigenvalue weighted by Gasteiger charge is 2.23. The van der Waals surface area contributed by atoms with E-state index in [9.17, 15) is 4.79 Å². The van der Waals surface area contributed by atoms with E-state index >= 15 is 0 Å². The van der Waals surface area contributed by atoms with Gasteiger partial charge in [0.2, 0.25) is 0 Å². The molecule has 146 valence electrons. The molecule has 1 amide bonds. The van der Waals surface area contributed by atoms with Crippen molar-refractivity contribution in [1.29, 1.82) is 0 Å². The number of nitrogens with zero attached hydrogens (tertiary/aromatic N) is 1. The first-order valence-corrected chi connectivity index (χ1v) is 10.4. The Morgan fingerprint density at radius 1 is 1.22 bits per heavy atom. The first kappa shape index (κ1) is 19.7. The van der Waals surface area contributed by atoms with Crippen molar-refractivity contribution in [3.05, 3.63) is 46.7 Å². The lowest BCUT2D eigenvalue weighted by Crippen LogP contribution is -2.39. The zero-order valence-electron chi connectivity index (χ0n) is 15.8. The minimum absolute atomic E-state index is 0.0211. The predicted octanol–water partition coefficient (Wildman–Crippen LogP) is 4.12. The van der Waals surface area contributed by atoms with E-state index in [1.54, 1.807) is 11.3 Å². The fourth-order valence-electron chi connectivity index (χ4n) is 2.97. The average molecular weight is 390 g/mol. The number of amides is 1. The molecule has 1 aromatic carbocycles. The quantitative estimate of drug-likeness (QED) is 0.613. The van der Waals surface area contributed by atoms with Crippen LogP contribution in [-0.2, 0) is 16.1 Å². The molecule has 1 atom stereocenters. The number of benzene rings is 1. The van der Waals surface area contributed by atoms with E-state index in [1.165, 1.54) is 4.88 Å². The topological polar surface area (TPSA) is 48.0 Å². The first-order chi connectivity index (χ1) is 13.2. The van der Waals surface area contributed by atoms with Crippen LogP contribution in [0.3, 0.4) is 0 Å². The molecular formula is C21H27NO4S. The van der Waals surface area contributed by atoms with E-state index in [0.717, 1.165) is 31.6 Å². The predicted molar refractivity (Wildman–Crippen MR) is 106 cm³/mol. The molecule has 2 aromatic rings. The SMILES string of the molecule is CCCOc1ccc(OCC(=O)N(Cc2cccs2)CC2CCCO2)cc1. The van der Waals surface area contributed by atoms with Crippen molar-refractivity contribution >= 4 is 17.2 Å². The van der Waals surface area contributed by atoms with Gasteiger partial charge < -0.3 is 19.1 Å². The van der Waals surface area contributed by atoms with Crippen LogP contribution in [0.15, 0.2) is 41.8 Å². The molecule has 0 aliphatic carbocycles. The maximum atomic E-state index is 12.8. The molecule has 0 bridgehead atoms. The molecule has 2 heterocycles. The third-order valence-corrected chi connectivity index (χ3v) is 5.25. The van der Waals surface area contributed by atoms with Crippen LogP contribution in [0.25, 0.3) is 0 Å². The van der Waals surface area contributed by atoms with Gasteiger partial charge in [-0.2, -0.15) is 0 Å². The smallest absolute Gasteiger partial charge is 0.260 e. The molecule has 1 aromatic heterocycles. The maximum Gasteiger partial charge on any atom is 0.260 e. The van der Waals surface area contributed by atoms with Crippen LogP contribution in [0.4, 0.5) is 0 Å². The first-order valence-electron chi connectivity index (χ1n) is 9.52. The Bertz CT molecular complexity index is 681. The molecule has 5 nitrogen and oxygen atoms in total. The summed E-state index contributed by atoms with van der Waals surface area (Å²) in [5.41, 5.74) is 0. The van der Waals surface area contributed by atoms with Crippen LogP contribution in [-0.4, -0.2) is 43.3 Å². The van der Waals surface area contributed by atoms with Gasteiger partial charge in [-0.05, 0) is 55.0 Å². The zero-order valence-corrected chi connectivity index (χ0v) is 16.6. The van der Waals surface area contributed by atoms with Gasteiger partial charge in [-0.25, -0.2) is 0 Å². The Morgan fingerprint density at radius 2 is 2.00 bits per heavy atom. The van der Waals surface area contributed by atoms with Crippen LogP contribution in [0.2, 0.25) is 0 Å². The van der Waals surface area contributed by atoms with Gasteiger partial charge in [-0.3, -0.25) is 4.79 Å². The summed E-state index contributed by atoms with van der Waals surface area (Å²) in [7, 11) is 0. The zero-order chi connectivity index (χ0) is 18.9. The van der Waals surface area contributed by atoms with E-state index in [0.29, 0.717) is 25.4 Å². The Hall–Kier alpha value is -2.05. The van der Waals surface area contributed by atoms with E-state index in [4.69, 9.17) is 14.2 Å². The Balaban J connectivity index is 1.54. The lowest BCUT2D eigenvalue weighted by Gasteiger charge is -2.25. The van der Waals surface area contributed by atoms with Crippen molar-refractivity contribution in [2.45, 2.75) is 38.8 Å². The highest BCUT2D eigenvalue weighted by atomic mass is 32.1. The number of rotatable bonds is 10. The fraction of sp³-hybridized carbons (Fsp3) is 0.476. The van der Waals surface area contributed by atoms with Gasteiger partial charge in [0.1, 0.15) is 11.5 Å². The number of hydrogen-bond acceptors (Lipinski definition) is 5. The van der Waals surface area contributed by atoms with Crippen molar-refractivity contribution in [3.8, 4) is 11.5 Å². The van der Waals surface area contributed by atoms with Gasteiger partial charge in [0.15, 0.2) is 6.61 Å². The summed E-state index contributed by atoms with van der Waals surface area (Å²) in [4.78, 5) is 15.8. The number of carbonyl (C=O) groups is 1. The summed E-state index contributed by atoms with van der Waals surface area (Å²) >= 11 is 1.66. The lowest BCUT2D eigenvalue weighted by atomic mass is 10.2. The fourth-order valence-corrected chi connectivity index (χ4v) is 3.69. The minimum Gasteiger partial charge on any atom is -0.494 e. The minimum atomic E-state index is -0.0230. The molecule has 27 heavy (non-hydrogen) atoms. The molecule has 0 radical (unpaired) electrons. The van der Waals surface area contributed by atoms with E-state index in [1.807, 2.05) is 40.6 Å². The van der Waals surface area contributed by atoms with Gasteiger partial charge in [0, 0.05) is 18.0 Å². The Kier molecular flexibility index (Phi) is 7.54. The number of thiophene rings is 1. The average Bonchev–Trinajstić information content (AvgIpc) is 3.39. The second kappa shape index (κ2) is 10.3. The monoisotopic (exact) mass is 389 g/mol. The number of carbonyl (C=O) groups excluding carboxylic acids is 1. The summed E-state index contributed by atoms with van der Waals surface area (Å²) in [5.74, 6) is 1.46. The summed E-state index contributed by atoms with van der Waals surface area (Å²) in [6.07, 6.45) is 3.17. The summed E-state index contributed by atoms with van der Waals surface area (Å²) in [6, 6.07) is 11.5. The number of ether oxygens (including phenoxy) is 3. The van der Waals surface area contributed by atoms with Gasteiger partial charge in [0.05, 0.1) is 19.3 Å². The van der Waals surface area contributed by atoms with Crippen molar-refractivity contribution in [1.82, 2.24) is 4.90 Å². The summed E-state index contributed by atoms with van der Waals surface area (Å²) in [5, 5.41) is 2.03. The van der Waals surface area contributed by atoms with E-state index < -0.39 is 0 Å². The highest BCUT2D eigenvalue weighted by molar-refractivity contribution is 7.09.